The minimum atomic E-state index is -0.657. The first-order chi connectivity index (χ1) is 4.22. The molecule has 54 valence electrons. The van der Waals surface area contributed by atoms with Crippen LogP contribution in [-0.2, 0) is 14.3 Å². The van der Waals surface area contributed by atoms with Crippen LogP contribution in [0.1, 0.15) is 0 Å². The molecule has 5 nitrogen and oxygen atoms in total. The molecule has 0 N–H and O–H groups in total. The molecule has 0 saturated heterocycles. The number of carbonyl (C=O) groups excluding carboxylic acids is 2. The summed E-state index contributed by atoms with van der Waals surface area (Å²) < 4.78 is 8.08. The largest absolute Gasteiger partial charge is 1.00 e. The van der Waals surface area contributed by atoms with Gasteiger partial charge in [0.15, 0.2) is 0 Å². The summed E-state index contributed by atoms with van der Waals surface area (Å²) in [7, 11) is 2.51. The summed E-state index contributed by atoms with van der Waals surface area (Å²) >= 11 is 0. The van der Waals surface area contributed by atoms with E-state index in [4.69, 9.17) is 9.90 Å². The fraction of sp³-hybridized carbons (Fsp3) is 0.500. The van der Waals surface area contributed by atoms with Gasteiger partial charge in [0.25, 0.3) is 0 Å². The van der Waals surface area contributed by atoms with Gasteiger partial charge in [-0.1, -0.05) is 0 Å². The fourth-order valence-electron chi connectivity index (χ4n) is 0.0833. The van der Waals surface area contributed by atoms with E-state index in [9.17, 15) is 4.79 Å². The van der Waals surface area contributed by atoms with E-state index < -0.39 is 12.6 Å². The van der Waals surface area contributed by atoms with Crippen molar-refractivity contribution in [3.8, 4) is 0 Å². The Kier molecular flexibility index (Phi) is 25.5. The van der Waals surface area contributed by atoms with Crippen molar-refractivity contribution in [2.45, 2.75) is 0 Å². The zero-order valence-electron chi connectivity index (χ0n) is 6.12. The molecule has 0 radical (unpaired) electrons. The summed E-state index contributed by atoms with van der Waals surface area (Å²) in [5.74, 6) is 0. The van der Waals surface area contributed by atoms with E-state index in [1.807, 2.05) is 0 Å². The number of ether oxygens (including phenoxy) is 2. The molecular formula is C4H7LiO5. The van der Waals surface area contributed by atoms with Crippen LogP contribution in [0.2, 0.25) is 0 Å². The smallest absolute Gasteiger partial charge is 0.554 e. The average molecular weight is 142 g/mol. The Bertz CT molecular complexity index is 77.7. The number of hydrogen-bond donors (Lipinski definition) is 0. The van der Waals surface area contributed by atoms with Crippen molar-refractivity contribution < 1.29 is 43.0 Å². The molecule has 0 spiro atoms. The van der Waals surface area contributed by atoms with Crippen LogP contribution in [0, 0.1) is 0 Å². The third kappa shape index (κ3) is 26.5. The number of rotatable bonds is 0. The third-order valence-corrected chi connectivity index (χ3v) is 0.333. The van der Waals surface area contributed by atoms with Crippen LogP contribution in [0.3, 0.4) is 0 Å². The third-order valence-electron chi connectivity index (χ3n) is 0.333. The van der Waals surface area contributed by atoms with Crippen molar-refractivity contribution >= 4 is 12.6 Å². The van der Waals surface area contributed by atoms with E-state index in [-0.39, 0.29) is 18.9 Å². The molecule has 0 unspecified atom stereocenters. The summed E-state index contributed by atoms with van der Waals surface area (Å²) in [5.41, 5.74) is 0. The molecule has 0 aromatic heterocycles. The monoisotopic (exact) mass is 142 g/mol. The predicted molar refractivity (Wildman–Crippen MR) is 25.5 cm³/mol. The molecule has 0 amide bonds. The Hall–Kier alpha value is -0.663. The summed E-state index contributed by atoms with van der Waals surface area (Å²) in [4.78, 5) is 18.0. The maximum Gasteiger partial charge on any atom is 1.00 e. The minimum absolute atomic E-state index is 0. The number of carboxylic acid groups (broad SMARTS) is 1. The van der Waals surface area contributed by atoms with Crippen LogP contribution in [0.5, 0.6) is 0 Å². The van der Waals surface area contributed by atoms with Crippen LogP contribution in [0.4, 0.5) is 4.79 Å². The molecule has 0 aliphatic rings. The molecule has 0 aromatic carbocycles. The van der Waals surface area contributed by atoms with Gasteiger partial charge in [0.2, 0.25) is 0 Å². The molecule has 0 atom stereocenters. The van der Waals surface area contributed by atoms with Crippen molar-refractivity contribution in [2.24, 2.45) is 0 Å². The Balaban J connectivity index is -0.000000107. The average Bonchev–Trinajstić information content (AvgIpc) is 1.88. The molecule has 0 heterocycles. The molecule has 0 fully saturated rings. The fourth-order valence-corrected chi connectivity index (χ4v) is 0.0833. The van der Waals surface area contributed by atoms with Gasteiger partial charge in [-0.25, -0.2) is 4.79 Å². The Morgan fingerprint density at radius 3 is 1.60 bits per heavy atom. The first kappa shape index (κ1) is 16.2. The van der Waals surface area contributed by atoms with Crippen molar-refractivity contribution in [1.82, 2.24) is 0 Å². The summed E-state index contributed by atoms with van der Waals surface area (Å²) in [6.07, 6.45) is -0.657. The van der Waals surface area contributed by atoms with Crippen LogP contribution >= 0.6 is 0 Å². The second kappa shape index (κ2) is 15.8. The second-order valence-corrected chi connectivity index (χ2v) is 0.754. The Morgan fingerprint density at radius 1 is 1.40 bits per heavy atom. The van der Waals surface area contributed by atoms with Gasteiger partial charge in [-0.05, 0) is 0 Å². The summed E-state index contributed by atoms with van der Waals surface area (Å²) in [5, 5.41) is 8.25. The molecule has 0 bridgehead atoms. The van der Waals surface area contributed by atoms with Gasteiger partial charge >= 0.3 is 25.0 Å². The topological polar surface area (TPSA) is 75.7 Å². The van der Waals surface area contributed by atoms with E-state index in [1.165, 1.54) is 14.2 Å². The van der Waals surface area contributed by atoms with E-state index in [2.05, 4.69) is 9.47 Å². The zero-order valence-corrected chi connectivity index (χ0v) is 6.12. The first-order valence-electron chi connectivity index (χ1n) is 1.90. The van der Waals surface area contributed by atoms with Crippen molar-refractivity contribution in [3.63, 3.8) is 0 Å². The van der Waals surface area contributed by atoms with Gasteiger partial charge in [0.1, 0.15) is 0 Å². The normalized spacial score (nSPS) is 5.40. The molecule has 0 aliphatic heterocycles. The first-order valence-corrected chi connectivity index (χ1v) is 1.90. The van der Waals surface area contributed by atoms with Gasteiger partial charge in [-0.3, -0.25) is 0 Å². The van der Waals surface area contributed by atoms with E-state index in [0.29, 0.717) is 0 Å². The molecule has 0 rings (SSSR count). The van der Waals surface area contributed by atoms with Crippen LogP contribution < -0.4 is 24.0 Å². The number of hydrogen-bond acceptors (Lipinski definition) is 5. The quantitative estimate of drug-likeness (QED) is 0.194. The summed E-state index contributed by atoms with van der Waals surface area (Å²) in [6, 6.07) is 0. The Morgan fingerprint density at radius 2 is 1.60 bits per heavy atom. The maximum atomic E-state index is 9.74. The molecule has 0 aliphatic carbocycles. The second-order valence-electron chi connectivity index (χ2n) is 0.754. The van der Waals surface area contributed by atoms with E-state index in [1.54, 1.807) is 0 Å². The Labute approximate surface area is 70.5 Å². The zero-order chi connectivity index (χ0) is 7.70. The number of carbonyl (C=O) groups is 2. The van der Waals surface area contributed by atoms with Crippen LogP contribution in [0.25, 0.3) is 0 Å². The van der Waals surface area contributed by atoms with Gasteiger partial charge in [0.05, 0.1) is 14.2 Å². The predicted octanol–water partition coefficient (Wildman–Crippen LogP) is -4.23. The van der Waals surface area contributed by atoms with Gasteiger partial charge in [0, 0.05) is 6.47 Å². The molecular weight excluding hydrogens is 135 g/mol. The molecule has 0 saturated carbocycles. The minimum Gasteiger partial charge on any atom is -0.554 e. The van der Waals surface area contributed by atoms with Gasteiger partial charge in [-0.15, -0.1) is 0 Å². The standard InChI is InChI=1S/C3H6O3.CH2O2.Li/c1-5-3(4)6-2;2-1-3;/h1-2H3;1H,(H,2,3);/q;;+1/p-1. The van der Waals surface area contributed by atoms with Gasteiger partial charge in [-0.2, -0.15) is 0 Å². The van der Waals surface area contributed by atoms with E-state index in [0.717, 1.165) is 0 Å². The van der Waals surface area contributed by atoms with Crippen molar-refractivity contribution in [1.29, 1.82) is 0 Å². The maximum absolute atomic E-state index is 9.74. The SMILES string of the molecule is COC(=O)OC.O=C[O-].[Li+]. The summed E-state index contributed by atoms with van der Waals surface area (Å²) in [6.45, 7) is -0.500. The van der Waals surface area contributed by atoms with Crippen LogP contribution in [-0.4, -0.2) is 26.8 Å². The van der Waals surface area contributed by atoms with Crippen molar-refractivity contribution in [2.75, 3.05) is 14.2 Å². The number of methoxy groups -OCH3 is 2. The van der Waals surface area contributed by atoms with Crippen molar-refractivity contribution in [3.05, 3.63) is 0 Å². The molecule has 0 aromatic rings. The van der Waals surface area contributed by atoms with Gasteiger partial charge < -0.3 is 19.4 Å². The molecule has 10 heavy (non-hydrogen) atoms. The van der Waals surface area contributed by atoms with E-state index >= 15 is 0 Å². The molecule has 6 heteroatoms. The van der Waals surface area contributed by atoms with Crippen LogP contribution in [0.15, 0.2) is 0 Å².